The molecule has 0 spiro atoms. The summed E-state index contributed by atoms with van der Waals surface area (Å²) in [5.74, 6) is 0.218. The van der Waals surface area contributed by atoms with E-state index in [0.717, 1.165) is 6.54 Å². The molecule has 0 bridgehead atoms. The van der Waals surface area contributed by atoms with Crippen molar-refractivity contribution in [2.24, 2.45) is 0 Å². The lowest BCUT2D eigenvalue weighted by Gasteiger charge is -2.40. The minimum atomic E-state index is 0. The van der Waals surface area contributed by atoms with Crippen LogP contribution in [0.2, 0.25) is 0 Å². The van der Waals surface area contributed by atoms with E-state index in [1.807, 2.05) is 4.90 Å². The highest BCUT2D eigenvalue weighted by molar-refractivity contribution is 5.85. The van der Waals surface area contributed by atoms with Crippen molar-refractivity contribution in [2.45, 2.75) is 45.2 Å². The molecule has 0 saturated heterocycles. The third-order valence-corrected chi connectivity index (χ3v) is 3.07. The van der Waals surface area contributed by atoms with Crippen LogP contribution >= 0.6 is 12.4 Å². The zero-order chi connectivity index (χ0) is 12.0. The van der Waals surface area contributed by atoms with Gasteiger partial charge in [-0.1, -0.05) is 0 Å². The van der Waals surface area contributed by atoms with Crippen LogP contribution in [0.1, 0.15) is 33.1 Å². The van der Waals surface area contributed by atoms with Crippen molar-refractivity contribution in [1.29, 1.82) is 0 Å². The predicted octanol–water partition coefficient (Wildman–Crippen LogP) is 1.43. The molecule has 0 atom stereocenters. The van der Waals surface area contributed by atoms with Crippen LogP contribution in [0.15, 0.2) is 0 Å². The van der Waals surface area contributed by atoms with Gasteiger partial charge in [0.05, 0.1) is 13.2 Å². The summed E-state index contributed by atoms with van der Waals surface area (Å²) in [6.45, 7) is 5.99. The quantitative estimate of drug-likeness (QED) is 0.708. The van der Waals surface area contributed by atoms with Gasteiger partial charge < -0.3 is 15.0 Å². The first-order chi connectivity index (χ1) is 7.66. The van der Waals surface area contributed by atoms with Gasteiger partial charge in [0.1, 0.15) is 0 Å². The molecule has 0 aromatic heterocycles. The lowest BCUT2D eigenvalue weighted by Crippen LogP contribution is -2.51. The number of nitrogens with one attached hydrogen (secondary N) is 1. The van der Waals surface area contributed by atoms with E-state index in [0.29, 0.717) is 25.2 Å². The van der Waals surface area contributed by atoms with Gasteiger partial charge >= 0.3 is 0 Å². The van der Waals surface area contributed by atoms with Crippen LogP contribution < -0.4 is 5.32 Å². The summed E-state index contributed by atoms with van der Waals surface area (Å²) >= 11 is 0. The van der Waals surface area contributed by atoms with E-state index in [4.69, 9.17) is 4.74 Å². The third kappa shape index (κ3) is 5.23. The standard InChI is InChI=1S/C12H24N2O2.ClH/c1-10(2)14(11-5-4-6-11)12(15)9-13-7-8-16-3;/h10-11,13H,4-9H2,1-3H3;1H. The minimum absolute atomic E-state index is 0. The molecule has 102 valence electrons. The Morgan fingerprint density at radius 1 is 1.47 bits per heavy atom. The molecule has 4 nitrogen and oxygen atoms in total. The van der Waals surface area contributed by atoms with E-state index in [1.54, 1.807) is 7.11 Å². The fourth-order valence-electron chi connectivity index (χ4n) is 2.04. The van der Waals surface area contributed by atoms with Crippen molar-refractivity contribution in [3.8, 4) is 0 Å². The van der Waals surface area contributed by atoms with Crippen molar-refractivity contribution in [1.82, 2.24) is 10.2 Å². The Bertz CT molecular complexity index is 221. The number of carbonyl (C=O) groups excluding carboxylic acids is 1. The molecule has 0 unspecified atom stereocenters. The fourth-order valence-corrected chi connectivity index (χ4v) is 2.04. The molecule has 17 heavy (non-hydrogen) atoms. The number of ether oxygens (including phenoxy) is 1. The molecule has 1 aliphatic carbocycles. The van der Waals surface area contributed by atoms with E-state index in [9.17, 15) is 4.79 Å². The van der Waals surface area contributed by atoms with Crippen molar-refractivity contribution in [3.05, 3.63) is 0 Å². The number of methoxy groups -OCH3 is 1. The van der Waals surface area contributed by atoms with Crippen molar-refractivity contribution >= 4 is 18.3 Å². The number of hydrogen-bond donors (Lipinski definition) is 1. The SMILES string of the molecule is COCCNCC(=O)N(C(C)C)C1CCC1.Cl. The Morgan fingerprint density at radius 3 is 2.53 bits per heavy atom. The first kappa shape index (κ1) is 16.7. The van der Waals surface area contributed by atoms with Gasteiger partial charge in [-0.2, -0.15) is 0 Å². The maximum absolute atomic E-state index is 12.0. The summed E-state index contributed by atoms with van der Waals surface area (Å²) in [5, 5.41) is 3.11. The Kier molecular flexibility index (Phi) is 8.56. The molecule has 0 aromatic rings. The molecule has 1 fully saturated rings. The second kappa shape index (κ2) is 8.72. The second-order valence-electron chi connectivity index (χ2n) is 4.65. The van der Waals surface area contributed by atoms with Crippen molar-refractivity contribution in [3.63, 3.8) is 0 Å². The zero-order valence-electron chi connectivity index (χ0n) is 11.1. The van der Waals surface area contributed by atoms with Gasteiger partial charge in [-0.3, -0.25) is 4.79 Å². The molecule has 0 aromatic carbocycles. The van der Waals surface area contributed by atoms with Crippen LogP contribution in [-0.4, -0.2) is 49.7 Å². The summed E-state index contributed by atoms with van der Waals surface area (Å²) in [5.41, 5.74) is 0. The van der Waals surface area contributed by atoms with Gasteiger partial charge in [0.25, 0.3) is 0 Å². The number of nitrogens with zero attached hydrogens (tertiary/aromatic N) is 1. The van der Waals surface area contributed by atoms with Gasteiger partial charge in [-0.15, -0.1) is 12.4 Å². The zero-order valence-corrected chi connectivity index (χ0v) is 11.9. The van der Waals surface area contributed by atoms with E-state index >= 15 is 0 Å². The van der Waals surface area contributed by atoms with Crippen LogP contribution in [0, 0.1) is 0 Å². The van der Waals surface area contributed by atoms with Gasteiger partial charge in [0.2, 0.25) is 5.91 Å². The number of halogens is 1. The van der Waals surface area contributed by atoms with Crippen LogP contribution in [0.3, 0.4) is 0 Å². The lowest BCUT2D eigenvalue weighted by atomic mass is 9.90. The molecule has 1 amide bonds. The molecule has 1 rings (SSSR count). The highest BCUT2D eigenvalue weighted by Crippen LogP contribution is 2.26. The smallest absolute Gasteiger partial charge is 0.237 e. The average molecular weight is 265 g/mol. The van der Waals surface area contributed by atoms with Gasteiger partial charge in [0.15, 0.2) is 0 Å². The Hall–Kier alpha value is -0.320. The highest BCUT2D eigenvalue weighted by atomic mass is 35.5. The maximum atomic E-state index is 12.0. The van der Waals surface area contributed by atoms with E-state index in [1.165, 1.54) is 19.3 Å². The number of hydrogen-bond acceptors (Lipinski definition) is 3. The summed E-state index contributed by atoms with van der Waals surface area (Å²) in [6.07, 6.45) is 3.60. The van der Waals surface area contributed by atoms with Gasteiger partial charge in [-0.25, -0.2) is 0 Å². The summed E-state index contributed by atoms with van der Waals surface area (Å²) in [6, 6.07) is 0.791. The Morgan fingerprint density at radius 2 is 2.12 bits per heavy atom. The van der Waals surface area contributed by atoms with Crippen LogP contribution in [0.25, 0.3) is 0 Å². The molecule has 0 aliphatic heterocycles. The van der Waals surface area contributed by atoms with Crippen LogP contribution in [0.5, 0.6) is 0 Å². The third-order valence-electron chi connectivity index (χ3n) is 3.07. The summed E-state index contributed by atoms with van der Waals surface area (Å²) < 4.78 is 4.92. The fraction of sp³-hybridized carbons (Fsp3) is 0.917. The Balaban J connectivity index is 0.00000256. The highest BCUT2D eigenvalue weighted by Gasteiger charge is 2.29. The number of amides is 1. The molecule has 0 radical (unpaired) electrons. The molecule has 0 heterocycles. The number of carbonyl (C=O) groups is 1. The maximum Gasteiger partial charge on any atom is 0.237 e. The van der Waals surface area contributed by atoms with Gasteiger partial charge in [-0.05, 0) is 33.1 Å². The molecule has 1 saturated carbocycles. The van der Waals surface area contributed by atoms with E-state index in [2.05, 4.69) is 19.2 Å². The molecular formula is C12H25ClN2O2. The number of rotatable bonds is 7. The molecule has 5 heteroatoms. The topological polar surface area (TPSA) is 41.6 Å². The average Bonchev–Trinajstić information content (AvgIpc) is 2.17. The Labute approximate surface area is 110 Å². The monoisotopic (exact) mass is 264 g/mol. The largest absolute Gasteiger partial charge is 0.383 e. The first-order valence-corrected chi connectivity index (χ1v) is 6.17. The first-order valence-electron chi connectivity index (χ1n) is 6.17. The van der Waals surface area contributed by atoms with Crippen molar-refractivity contribution < 1.29 is 9.53 Å². The second-order valence-corrected chi connectivity index (χ2v) is 4.65. The van der Waals surface area contributed by atoms with Crippen LogP contribution in [-0.2, 0) is 9.53 Å². The summed E-state index contributed by atoms with van der Waals surface area (Å²) in [4.78, 5) is 14.0. The lowest BCUT2D eigenvalue weighted by molar-refractivity contribution is -0.136. The van der Waals surface area contributed by atoms with Gasteiger partial charge in [0, 0.05) is 25.7 Å². The van der Waals surface area contributed by atoms with Crippen LogP contribution in [0.4, 0.5) is 0 Å². The molecule has 1 N–H and O–H groups in total. The van der Waals surface area contributed by atoms with Crippen molar-refractivity contribution in [2.75, 3.05) is 26.8 Å². The normalized spacial score (nSPS) is 15.3. The minimum Gasteiger partial charge on any atom is -0.383 e. The summed E-state index contributed by atoms with van der Waals surface area (Å²) in [7, 11) is 1.66. The van der Waals surface area contributed by atoms with E-state index in [-0.39, 0.29) is 18.3 Å². The molecule has 1 aliphatic rings. The predicted molar refractivity (Wildman–Crippen MR) is 71.6 cm³/mol. The van der Waals surface area contributed by atoms with E-state index < -0.39 is 0 Å². The molecular weight excluding hydrogens is 240 g/mol.